The number of carbonyl (C=O) groups excluding carboxylic acids is 1. The highest BCUT2D eigenvalue weighted by molar-refractivity contribution is 7.18. The zero-order valence-electron chi connectivity index (χ0n) is 9.70. The summed E-state index contributed by atoms with van der Waals surface area (Å²) < 4.78 is 0. The van der Waals surface area contributed by atoms with E-state index in [1.165, 1.54) is 11.3 Å². The van der Waals surface area contributed by atoms with Gasteiger partial charge in [-0.15, -0.1) is 0 Å². The van der Waals surface area contributed by atoms with Gasteiger partial charge in [-0.25, -0.2) is 4.98 Å². The predicted molar refractivity (Wildman–Crippen MR) is 66.0 cm³/mol. The van der Waals surface area contributed by atoms with E-state index in [-0.39, 0.29) is 11.4 Å². The second-order valence-electron chi connectivity index (χ2n) is 4.62. The van der Waals surface area contributed by atoms with Crippen molar-refractivity contribution >= 4 is 28.2 Å². The highest BCUT2D eigenvalue weighted by atomic mass is 32.1. The smallest absolute Gasteiger partial charge is 0.265 e. The molecule has 16 heavy (non-hydrogen) atoms. The molecule has 0 spiro atoms. The van der Waals surface area contributed by atoms with Crippen LogP contribution in [0.15, 0.2) is 0 Å². The molecule has 1 aromatic heterocycles. The summed E-state index contributed by atoms with van der Waals surface area (Å²) in [5.74, 6) is 0.207. The molecule has 0 unspecified atom stereocenters. The monoisotopic (exact) mass is 240 g/mol. The number of aromatic nitrogens is 1. The number of carbonyl (C=O) groups is 1. The molecule has 0 aliphatic heterocycles. The standard InChI is InChI=1S/C10H16N4OS/c1-10(4-5-10)13-8(15)6-7(11)12-9(16-6)14(2)3/h4-5,11H2,1-3H3,(H,13,15). The molecule has 0 atom stereocenters. The lowest BCUT2D eigenvalue weighted by molar-refractivity contribution is 0.0940. The second-order valence-corrected chi connectivity index (χ2v) is 5.60. The van der Waals surface area contributed by atoms with Crippen molar-refractivity contribution in [2.24, 2.45) is 0 Å². The molecule has 0 bridgehead atoms. The van der Waals surface area contributed by atoms with Crippen LogP contribution in [0.25, 0.3) is 0 Å². The fraction of sp³-hybridized carbons (Fsp3) is 0.600. The molecule has 1 fully saturated rings. The van der Waals surface area contributed by atoms with E-state index in [4.69, 9.17) is 5.73 Å². The van der Waals surface area contributed by atoms with Gasteiger partial charge in [0.25, 0.3) is 5.91 Å². The molecule has 1 amide bonds. The number of thiazole rings is 1. The van der Waals surface area contributed by atoms with Gasteiger partial charge in [-0.05, 0) is 19.8 Å². The lowest BCUT2D eigenvalue weighted by atomic mass is 10.3. The predicted octanol–water partition coefficient (Wildman–Crippen LogP) is 1.07. The van der Waals surface area contributed by atoms with Crippen molar-refractivity contribution < 1.29 is 4.79 Å². The van der Waals surface area contributed by atoms with Crippen LogP contribution < -0.4 is 16.0 Å². The van der Waals surface area contributed by atoms with Crippen molar-refractivity contribution in [2.45, 2.75) is 25.3 Å². The van der Waals surface area contributed by atoms with Crippen LogP contribution in [0.4, 0.5) is 10.9 Å². The van der Waals surface area contributed by atoms with Crippen LogP contribution in [0.3, 0.4) is 0 Å². The fourth-order valence-corrected chi connectivity index (χ4v) is 2.12. The van der Waals surface area contributed by atoms with Crippen LogP contribution in [-0.2, 0) is 0 Å². The van der Waals surface area contributed by atoms with E-state index >= 15 is 0 Å². The molecule has 6 heteroatoms. The molecule has 0 radical (unpaired) electrons. The SMILES string of the molecule is CN(C)c1nc(N)c(C(=O)NC2(C)CC2)s1. The van der Waals surface area contributed by atoms with Gasteiger partial charge < -0.3 is 16.0 Å². The van der Waals surface area contributed by atoms with Gasteiger partial charge in [-0.1, -0.05) is 11.3 Å². The lowest BCUT2D eigenvalue weighted by Crippen LogP contribution is -2.34. The van der Waals surface area contributed by atoms with Gasteiger partial charge in [0.2, 0.25) is 0 Å². The van der Waals surface area contributed by atoms with Crippen LogP contribution in [0.1, 0.15) is 29.4 Å². The van der Waals surface area contributed by atoms with Gasteiger partial charge in [-0.3, -0.25) is 4.79 Å². The first-order valence-electron chi connectivity index (χ1n) is 5.17. The molecule has 0 aromatic carbocycles. The Kier molecular flexibility index (Phi) is 2.53. The van der Waals surface area contributed by atoms with E-state index in [2.05, 4.69) is 10.3 Å². The van der Waals surface area contributed by atoms with Crippen molar-refractivity contribution in [1.82, 2.24) is 10.3 Å². The molecule has 1 aliphatic rings. The van der Waals surface area contributed by atoms with Crippen molar-refractivity contribution in [3.8, 4) is 0 Å². The Labute approximate surface area is 98.7 Å². The van der Waals surface area contributed by atoms with Crippen LogP contribution in [-0.4, -0.2) is 30.5 Å². The zero-order chi connectivity index (χ0) is 11.9. The Hall–Kier alpha value is -1.30. The molecule has 1 saturated carbocycles. The van der Waals surface area contributed by atoms with E-state index < -0.39 is 0 Å². The molecule has 2 rings (SSSR count). The molecule has 1 heterocycles. The number of nitrogens with one attached hydrogen (secondary N) is 1. The van der Waals surface area contributed by atoms with Gasteiger partial charge in [0.1, 0.15) is 10.7 Å². The Balaban J connectivity index is 2.16. The summed E-state index contributed by atoms with van der Waals surface area (Å²) in [5, 5.41) is 3.73. The number of hydrogen-bond donors (Lipinski definition) is 2. The number of rotatable bonds is 3. The van der Waals surface area contributed by atoms with Gasteiger partial charge in [0, 0.05) is 19.6 Å². The molecule has 0 saturated heterocycles. The third kappa shape index (κ3) is 2.11. The molecular formula is C10H16N4OS. The maximum absolute atomic E-state index is 11.9. The summed E-state index contributed by atoms with van der Waals surface area (Å²) in [4.78, 5) is 18.4. The molecule has 1 aromatic rings. The van der Waals surface area contributed by atoms with Gasteiger partial charge in [0.05, 0.1) is 0 Å². The number of nitrogen functional groups attached to an aromatic ring is 1. The fourth-order valence-electron chi connectivity index (χ4n) is 1.32. The molecule has 1 aliphatic carbocycles. The first-order chi connectivity index (χ1) is 7.41. The summed E-state index contributed by atoms with van der Waals surface area (Å²) >= 11 is 1.32. The number of nitrogens with zero attached hydrogens (tertiary/aromatic N) is 2. The second kappa shape index (κ2) is 3.62. The minimum Gasteiger partial charge on any atom is -0.382 e. The number of anilines is 2. The normalized spacial score (nSPS) is 16.9. The van der Waals surface area contributed by atoms with Crippen molar-refractivity contribution in [2.75, 3.05) is 24.7 Å². The van der Waals surface area contributed by atoms with E-state index in [1.807, 2.05) is 25.9 Å². The van der Waals surface area contributed by atoms with Gasteiger partial charge in [0.15, 0.2) is 5.13 Å². The van der Waals surface area contributed by atoms with Gasteiger partial charge >= 0.3 is 0 Å². The molecule has 3 N–H and O–H groups in total. The van der Waals surface area contributed by atoms with E-state index in [1.54, 1.807) is 0 Å². The summed E-state index contributed by atoms with van der Waals surface area (Å²) in [6, 6.07) is 0. The van der Waals surface area contributed by atoms with Crippen LogP contribution >= 0.6 is 11.3 Å². The maximum Gasteiger partial charge on any atom is 0.265 e. The maximum atomic E-state index is 11.9. The largest absolute Gasteiger partial charge is 0.382 e. The average molecular weight is 240 g/mol. The summed E-state index contributed by atoms with van der Waals surface area (Å²) in [5.41, 5.74) is 5.71. The van der Waals surface area contributed by atoms with E-state index in [0.717, 1.165) is 18.0 Å². The first kappa shape index (κ1) is 11.2. The van der Waals surface area contributed by atoms with Crippen LogP contribution in [0.2, 0.25) is 0 Å². The zero-order valence-corrected chi connectivity index (χ0v) is 10.5. The first-order valence-corrected chi connectivity index (χ1v) is 5.99. The topological polar surface area (TPSA) is 71.2 Å². The Morgan fingerprint density at radius 3 is 2.62 bits per heavy atom. The van der Waals surface area contributed by atoms with Crippen LogP contribution in [0, 0.1) is 0 Å². The minimum atomic E-state index is -0.108. The van der Waals surface area contributed by atoms with Crippen LogP contribution in [0.5, 0.6) is 0 Å². The lowest BCUT2D eigenvalue weighted by Gasteiger charge is -2.09. The average Bonchev–Trinajstić information content (AvgIpc) is 2.76. The number of hydrogen-bond acceptors (Lipinski definition) is 5. The summed E-state index contributed by atoms with van der Waals surface area (Å²) in [6.45, 7) is 2.04. The van der Waals surface area contributed by atoms with Gasteiger partial charge in [-0.2, -0.15) is 0 Å². The molecular weight excluding hydrogens is 224 g/mol. The minimum absolute atomic E-state index is 0.0220. The highest BCUT2D eigenvalue weighted by Crippen LogP contribution is 2.35. The quantitative estimate of drug-likeness (QED) is 0.829. The van der Waals surface area contributed by atoms with Crippen molar-refractivity contribution in [1.29, 1.82) is 0 Å². The summed E-state index contributed by atoms with van der Waals surface area (Å²) in [7, 11) is 3.75. The third-order valence-corrected chi connectivity index (χ3v) is 3.88. The molecule has 88 valence electrons. The summed E-state index contributed by atoms with van der Waals surface area (Å²) in [6.07, 6.45) is 2.08. The molecule has 5 nitrogen and oxygen atoms in total. The van der Waals surface area contributed by atoms with E-state index in [9.17, 15) is 4.79 Å². The van der Waals surface area contributed by atoms with E-state index in [0.29, 0.717) is 10.7 Å². The highest BCUT2D eigenvalue weighted by Gasteiger charge is 2.39. The Bertz CT molecular complexity index is 422. The number of nitrogens with two attached hydrogens (primary N) is 1. The van der Waals surface area contributed by atoms with Crippen molar-refractivity contribution in [3.63, 3.8) is 0 Å². The Morgan fingerprint density at radius 1 is 1.56 bits per heavy atom. The Morgan fingerprint density at radius 2 is 2.19 bits per heavy atom. The van der Waals surface area contributed by atoms with Crippen molar-refractivity contribution in [3.05, 3.63) is 4.88 Å². The third-order valence-electron chi connectivity index (χ3n) is 2.65. The number of amides is 1.